The maximum Gasteiger partial charge on any atom is 0.0467 e. The van der Waals surface area contributed by atoms with Gasteiger partial charge in [-0.3, -0.25) is 0 Å². The third-order valence-corrected chi connectivity index (χ3v) is 16.1. The average Bonchev–Trinajstić information content (AvgIpc) is 3.87. The van der Waals surface area contributed by atoms with Crippen LogP contribution >= 0.6 is 11.3 Å². The average molecular weight is 958 g/mol. The molecule has 0 bridgehead atoms. The predicted molar refractivity (Wildman–Crippen MR) is 319 cm³/mol. The van der Waals surface area contributed by atoms with E-state index in [1.54, 1.807) is 0 Å². The smallest absolute Gasteiger partial charge is 0.0467 e. The number of anilines is 3. The normalized spacial score (nSPS) is 11.5. The summed E-state index contributed by atoms with van der Waals surface area (Å²) in [5, 5.41) is 10.1. The van der Waals surface area contributed by atoms with E-state index in [0.717, 1.165) is 22.6 Å². The fraction of sp³-hybridized carbons (Fsp3) is 0. The van der Waals surface area contributed by atoms with E-state index in [4.69, 9.17) is 0 Å². The van der Waals surface area contributed by atoms with Gasteiger partial charge in [-0.05, 0) is 154 Å². The SMILES string of the molecule is c1ccc(-c2c(-c3ccccc3)c3cc(-c4ccc(N(c5ccc(-c6ccc(-c7ccc8ccccc8c7)cc6)cc5)c5cccc(-c6cccc7c6sc6ccccc67)c5)cc4)ccc3c3ccccc23)cc1. The van der Waals surface area contributed by atoms with Crippen LogP contribution in [-0.4, -0.2) is 0 Å². The summed E-state index contributed by atoms with van der Waals surface area (Å²) in [6.07, 6.45) is 0. The quantitative estimate of drug-likeness (QED) is 0.130. The molecule has 0 saturated heterocycles. The second-order valence-corrected chi connectivity index (χ2v) is 20.2. The summed E-state index contributed by atoms with van der Waals surface area (Å²) in [5.41, 5.74) is 17.8. The minimum atomic E-state index is 1.08. The van der Waals surface area contributed by atoms with Crippen LogP contribution < -0.4 is 4.90 Å². The first kappa shape index (κ1) is 43.4. The summed E-state index contributed by atoms with van der Waals surface area (Å²) in [4.78, 5) is 2.40. The van der Waals surface area contributed by atoms with Crippen molar-refractivity contribution in [2.24, 2.45) is 0 Å². The Hall–Kier alpha value is -9.34. The first-order valence-corrected chi connectivity index (χ1v) is 26.2. The fourth-order valence-corrected chi connectivity index (χ4v) is 12.5. The van der Waals surface area contributed by atoms with Gasteiger partial charge in [-0.2, -0.15) is 0 Å². The van der Waals surface area contributed by atoms with E-state index < -0.39 is 0 Å². The minimum absolute atomic E-state index is 1.08. The zero-order valence-corrected chi connectivity index (χ0v) is 41.3. The van der Waals surface area contributed by atoms with Crippen LogP contribution in [0.25, 0.3) is 119 Å². The Morgan fingerprint density at radius 1 is 0.230 bits per heavy atom. The van der Waals surface area contributed by atoms with Gasteiger partial charge in [0.25, 0.3) is 0 Å². The van der Waals surface area contributed by atoms with Gasteiger partial charge in [-0.15, -0.1) is 11.3 Å². The van der Waals surface area contributed by atoms with Crippen LogP contribution in [0, 0.1) is 0 Å². The van der Waals surface area contributed by atoms with Crippen LogP contribution in [0.15, 0.2) is 285 Å². The lowest BCUT2D eigenvalue weighted by Gasteiger charge is -2.26. The van der Waals surface area contributed by atoms with Crippen molar-refractivity contribution in [2.75, 3.05) is 4.90 Å². The molecule has 0 aliphatic carbocycles. The highest BCUT2D eigenvalue weighted by molar-refractivity contribution is 7.26. The first-order chi connectivity index (χ1) is 36.7. The second-order valence-electron chi connectivity index (χ2n) is 19.2. The van der Waals surface area contributed by atoms with Crippen molar-refractivity contribution in [3.8, 4) is 66.8 Å². The molecule has 0 atom stereocenters. The molecular formula is C72H47NS. The molecule has 0 unspecified atom stereocenters. The van der Waals surface area contributed by atoms with Gasteiger partial charge >= 0.3 is 0 Å². The Labute approximate surface area is 435 Å². The van der Waals surface area contributed by atoms with E-state index in [0.29, 0.717) is 0 Å². The number of nitrogens with zero attached hydrogens (tertiary/aromatic N) is 1. The van der Waals surface area contributed by atoms with Gasteiger partial charge in [0.15, 0.2) is 0 Å². The van der Waals surface area contributed by atoms with Crippen LogP contribution in [0.5, 0.6) is 0 Å². The number of fused-ring (bicyclic) bond motifs is 7. The van der Waals surface area contributed by atoms with E-state index in [1.807, 2.05) is 11.3 Å². The molecule has 2 heteroatoms. The maximum atomic E-state index is 2.41. The Morgan fingerprint density at radius 2 is 0.703 bits per heavy atom. The molecule has 0 fully saturated rings. The van der Waals surface area contributed by atoms with Crippen molar-refractivity contribution in [2.45, 2.75) is 0 Å². The number of thiophene rings is 1. The zero-order valence-electron chi connectivity index (χ0n) is 40.5. The second kappa shape index (κ2) is 18.4. The minimum Gasteiger partial charge on any atom is -0.310 e. The molecule has 1 aromatic heterocycles. The van der Waals surface area contributed by atoms with Gasteiger partial charge in [-0.1, -0.05) is 231 Å². The van der Waals surface area contributed by atoms with Gasteiger partial charge < -0.3 is 4.90 Å². The molecule has 0 radical (unpaired) electrons. The van der Waals surface area contributed by atoms with Crippen LogP contribution in [0.2, 0.25) is 0 Å². The highest BCUT2D eigenvalue weighted by Gasteiger charge is 2.20. The molecule has 0 amide bonds. The highest BCUT2D eigenvalue weighted by Crippen LogP contribution is 2.47. The highest BCUT2D eigenvalue weighted by atomic mass is 32.1. The molecule has 346 valence electrons. The van der Waals surface area contributed by atoms with Crippen molar-refractivity contribution in [3.63, 3.8) is 0 Å². The molecule has 14 rings (SSSR count). The van der Waals surface area contributed by atoms with E-state index >= 15 is 0 Å². The molecule has 0 saturated carbocycles. The van der Waals surface area contributed by atoms with Crippen LogP contribution in [0.3, 0.4) is 0 Å². The topological polar surface area (TPSA) is 3.24 Å². The van der Waals surface area contributed by atoms with Crippen LogP contribution in [0.4, 0.5) is 17.1 Å². The summed E-state index contributed by atoms with van der Waals surface area (Å²) in [5.74, 6) is 0. The van der Waals surface area contributed by atoms with E-state index in [2.05, 4.69) is 290 Å². The van der Waals surface area contributed by atoms with E-state index in [1.165, 1.54) is 114 Å². The fourth-order valence-electron chi connectivity index (χ4n) is 11.2. The van der Waals surface area contributed by atoms with Gasteiger partial charge in [0.05, 0.1) is 0 Å². The number of rotatable bonds is 9. The lowest BCUT2D eigenvalue weighted by atomic mass is 9.84. The maximum absolute atomic E-state index is 2.41. The van der Waals surface area contributed by atoms with E-state index in [9.17, 15) is 0 Å². The molecule has 13 aromatic carbocycles. The summed E-state index contributed by atoms with van der Waals surface area (Å²) in [6, 6.07) is 105. The summed E-state index contributed by atoms with van der Waals surface area (Å²) >= 11 is 1.88. The first-order valence-electron chi connectivity index (χ1n) is 25.4. The van der Waals surface area contributed by atoms with Crippen LogP contribution in [-0.2, 0) is 0 Å². The van der Waals surface area contributed by atoms with Gasteiger partial charge in [0.2, 0.25) is 0 Å². The Bertz CT molecular complexity index is 4380. The molecule has 74 heavy (non-hydrogen) atoms. The largest absolute Gasteiger partial charge is 0.310 e. The number of hydrogen-bond acceptors (Lipinski definition) is 2. The molecular weight excluding hydrogens is 911 g/mol. The monoisotopic (exact) mass is 957 g/mol. The molecule has 0 N–H and O–H groups in total. The van der Waals surface area contributed by atoms with Crippen molar-refractivity contribution in [3.05, 3.63) is 285 Å². The third kappa shape index (κ3) is 7.72. The molecule has 0 spiro atoms. The van der Waals surface area contributed by atoms with Crippen molar-refractivity contribution in [1.82, 2.24) is 0 Å². The number of benzene rings is 13. The Balaban J connectivity index is 0.868. The molecule has 1 nitrogen and oxygen atoms in total. The molecule has 0 aliphatic heterocycles. The Morgan fingerprint density at radius 3 is 1.39 bits per heavy atom. The predicted octanol–water partition coefficient (Wildman–Crippen LogP) is 21.0. The van der Waals surface area contributed by atoms with Gasteiger partial charge in [0.1, 0.15) is 0 Å². The van der Waals surface area contributed by atoms with Gasteiger partial charge in [0, 0.05) is 37.2 Å². The summed E-state index contributed by atoms with van der Waals surface area (Å²) in [7, 11) is 0. The van der Waals surface area contributed by atoms with Crippen LogP contribution in [0.1, 0.15) is 0 Å². The van der Waals surface area contributed by atoms with Crippen molar-refractivity contribution in [1.29, 1.82) is 0 Å². The van der Waals surface area contributed by atoms with Crippen molar-refractivity contribution < 1.29 is 0 Å². The lowest BCUT2D eigenvalue weighted by Crippen LogP contribution is -2.10. The standard InChI is InChI=1S/C72H47NS/c1-3-16-53(17-4-1)70-66-25-10-9-23-63(66)64-44-39-57(47-68(64)71(70)54-18-5-2-6-19-54)52-37-42-60(43-38-52)73(61-22-13-21-58(46-61)62-26-14-27-67-65-24-11-12-28-69(65)74-72(62)67)59-40-35-50(36-41-59)49-29-31-51(32-30-49)56-34-33-48-15-7-8-20-55(48)45-56/h1-47H. The molecule has 0 aliphatic rings. The van der Waals surface area contributed by atoms with Crippen molar-refractivity contribution >= 4 is 80.9 Å². The third-order valence-electron chi connectivity index (χ3n) is 14.9. The van der Waals surface area contributed by atoms with E-state index in [-0.39, 0.29) is 0 Å². The number of hydrogen-bond donors (Lipinski definition) is 0. The lowest BCUT2D eigenvalue weighted by molar-refractivity contribution is 1.28. The van der Waals surface area contributed by atoms with Gasteiger partial charge in [-0.25, -0.2) is 0 Å². The molecule has 1 heterocycles. The summed E-state index contributed by atoms with van der Waals surface area (Å²) < 4.78 is 2.62. The summed E-state index contributed by atoms with van der Waals surface area (Å²) in [6.45, 7) is 0. The molecule has 14 aromatic rings. The Kier molecular flexibility index (Phi) is 10.8. The zero-order chi connectivity index (χ0) is 49.0.